The van der Waals surface area contributed by atoms with E-state index in [-0.39, 0.29) is 22.9 Å². The maximum atomic E-state index is 13.4. The number of halogens is 3. The van der Waals surface area contributed by atoms with Crippen molar-refractivity contribution in [1.29, 1.82) is 0 Å². The summed E-state index contributed by atoms with van der Waals surface area (Å²) in [7, 11) is 0. The predicted molar refractivity (Wildman–Crippen MR) is 71.8 cm³/mol. The topological polar surface area (TPSA) is 55.2 Å². The van der Waals surface area contributed by atoms with Crippen LogP contribution < -0.4 is 5.32 Å². The molecule has 2 aromatic carbocycles. The van der Waals surface area contributed by atoms with E-state index in [1.54, 1.807) is 0 Å². The van der Waals surface area contributed by atoms with Crippen LogP contribution in [0.2, 0.25) is 5.02 Å². The number of anilines is 1. The van der Waals surface area contributed by atoms with Crippen molar-refractivity contribution in [2.24, 2.45) is 0 Å². The number of nitrogens with zero attached hydrogens (tertiary/aromatic N) is 1. The Balaban J connectivity index is 2.23. The molecule has 0 aliphatic carbocycles. The van der Waals surface area contributed by atoms with E-state index in [1.165, 1.54) is 30.3 Å². The molecule has 0 heterocycles. The fraction of sp³-hybridized carbons (Fsp3) is 0.0769. The van der Waals surface area contributed by atoms with Crippen molar-refractivity contribution >= 4 is 23.0 Å². The molecule has 2 rings (SSSR count). The van der Waals surface area contributed by atoms with E-state index < -0.39 is 16.6 Å². The van der Waals surface area contributed by atoms with E-state index in [0.717, 1.165) is 6.07 Å². The SMILES string of the molecule is O=[N+]([O-])c1cc(Cl)ccc1CNc1cccc(F)c1F. The van der Waals surface area contributed by atoms with Crippen molar-refractivity contribution in [3.63, 3.8) is 0 Å². The molecule has 0 saturated heterocycles. The molecule has 4 nitrogen and oxygen atoms in total. The minimum absolute atomic E-state index is 0.0200. The molecule has 0 unspecified atom stereocenters. The Morgan fingerprint density at radius 2 is 2.00 bits per heavy atom. The third kappa shape index (κ3) is 3.03. The lowest BCUT2D eigenvalue weighted by molar-refractivity contribution is -0.385. The Morgan fingerprint density at radius 3 is 2.70 bits per heavy atom. The summed E-state index contributed by atoms with van der Waals surface area (Å²) in [6.45, 7) is -0.0200. The zero-order chi connectivity index (χ0) is 14.7. The number of hydrogen-bond acceptors (Lipinski definition) is 3. The van der Waals surface area contributed by atoms with Gasteiger partial charge in [-0.05, 0) is 24.3 Å². The first-order valence-corrected chi connectivity index (χ1v) is 5.97. The zero-order valence-electron chi connectivity index (χ0n) is 10.1. The molecule has 0 atom stereocenters. The first-order chi connectivity index (χ1) is 9.49. The van der Waals surface area contributed by atoms with Crippen molar-refractivity contribution in [3.8, 4) is 0 Å². The molecule has 0 radical (unpaired) electrons. The summed E-state index contributed by atoms with van der Waals surface area (Å²) >= 11 is 5.69. The van der Waals surface area contributed by atoms with Crippen LogP contribution in [0.3, 0.4) is 0 Å². The van der Waals surface area contributed by atoms with Gasteiger partial charge in [0.2, 0.25) is 0 Å². The molecule has 104 valence electrons. The van der Waals surface area contributed by atoms with E-state index in [1.807, 2.05) is 0 Å². The van der Waals surface area contributed by atoms with Crippen molar-refractivity contribution in [3.05, 3.63) is 68.7 Å². The van der Waals surface area contributed by atoms with E-state index in [2.05, 4.69) is 5.32 Å². The van der Waals surface area contributed by atoms with Gasteiger partial charge in [-0.25, -0.2) is 8.78 Å². The molecule has 0 amide bonds. The summed E-state index contributed by atoms with van der Waals surface area (Å²) in [5, 5.41) is 13.7. The molecule has 2 aromatic rings. The molecule has 0 saturated carbocycles. The minimum atomic E-state index is -1.02. The van der Waals surface area contributed by atoms with Crippen molar-refractivity contribution in [1.82, 2.24) is 0 Å². The third-order valence-corrected chi connectivity index (χ3v) is 2.90. The van der Waals surface area contributed by atoms with Crippen molar-refractivity contribution < 1.29 is 13.7 Å². The van der Waals surface area contributed by atoms with E-state index in [9.17, 15) is 18.9 Å². The molecule has 0 aromatic heterocycles. The van der Waals surface area contributed by atoms with Crippen LogP contribution in [0.5, 0.6) is 0 Å². The minimum Gasteiger partial charge on any atom is -0.378 e. The molecular formula is C13H9ClF2N2O2. The lowest BCUT2D eigenvalue weighted by Gasteiger charge is -2.08. The number of nitro groups is 1. The number of benzene rings is 2. The maximum absolute atomic E-state index is 13.4. The van der Waals surface area contributed by atoms with Crippen LogP contribution in [0, 0.1) is 21.7 Å². The number of hydrogen-bond donors (Lipinski definition) is 1. The molecule has 0 spiro atoms. The Labute approximate surface area is 118 Å². The number of nitrogens with one attached hydrogen (secondary N) is 1. The summed E-state index contributed by atoms with van der Waals surface area (Å²) in [5.74, 6) is -2.01. The highest BCUT2D eigenvalue weighted by molar-refractivity contribution is 6.30. The average molecular weight is 299 g/mol. The lowest BCUT2D eigenvalue weighted by Crippen LogP contribution is -2.05. The monoisotopic (exact) mass is 298 g/mol. The number of nitro benzene ring substituents is 1. The highest BCUT2D eigenvalue weighted by atomic mass is 35.5. The second-order valence-corrected chi connectivity index (χ2v) is 4.42. The van der Waals surface area contributed by atoms with Crippen LogP contribution in [0.25, 0.3) is 0 Å². The highest BCUT2D eigenvalue weighted by Gasteiger charge is 2.15. The first kappa shape index (κ1) is 14.2. The van der Waals surface area contributed by atoms with E-state index >= 15 is 0 Å². The average Bonchev–Trinajstić information content (AvgIpc) is 2.41. The van der Waals surface area contributed by atoms with Gasteiger partial charge in [0.05, 0.1) is 10.6 Å². The first-order valence-electron chi connectivity index (χ1n) is 5.59. The Hall–Kier alpha value is -2.21. The quantitative estimate of drug-likeness (QED) is 0.682. The smallest absolute Gasteiger partial charge is 0.275 e. The highest BCUT2D eigenvalue weighted by Crippen LogP contribution is 2.25. The zero-order valence-corrected chi connectivity index (χ0v) is 10.8. The largest absolute Gasteiger partial charge is 0.378 e. The molecule has 1 N–H and O–H groups in total. The van der Waals surface area contributed by atoms with Gasteiger partial charge in [-0.2, -0.15) is 0 Å². The van der Waals surface area contributed by atoms with E-state index in [0.29, 0.717) is 5.56 Å². The fourth-order valence-corrected chi connectivity index (χ4v) is 1.85. The van der Waals surface area contributed by atoms with Gasteiger partial charge in [0.25, 0.3) is 5.69 Å². The summed E-state index contributed by atoms with van der Waals surface area (Å²) in [4.78, 5) is 10.3. The van der Waals surface area contributed by atoms with Crippen LogP contribution in [-0.4, -0.2) is 4.92 Å². The summed E-state index contributed by atoms with van der Waals surface area (Å²) < 4.78 is 26.5. The van der Waals surface area contributed by atoms with Gasteiger partial charge in [0.1, 0.15) is 0 Å². The normalized spacial score (nSPS) is 10.3. The fourth-order valence-electron chi connectivity index (χ4n) is 1.69. The second kappa shape index (κ2) is 5.83. The van der Waals surface area contributed by atoms with Gasteiger partial charge < -0.3 is 5.32 Å². The standard InChI is InChI=1S/C13H9ClF2N2O2/c14-9-5-4-8(12(6-9)18(19)20)7-17-11-3-1-2-10(15)13(11)16/h1-6,17H,7H2. The van der Waals surface area contributed by atoms with Gasteiger partial charge in [0, 0.05) is 23.2 Å². The summed E-state index contributed by atoms with van der Waals surface area (Å²) in [6, 6.07) is 7.85. The van der Waals surface area contributed by atoms with Gasteiger partial charge in [-0.15, -0.1) is 0 Å². The van der Waals surface area contributed by atoms with Crippen LogP contribution in [0.15, 0.2) is 36.4 Å². The molecule has 0 aliphatic rings. The van der Waals surface area contributed by atoms with Gasteiger partial charge in [-0.3, -0.25) is 10.1 Å². The molecular weight excluding hydrogens is 290 g/mol. The summed E-state index contributed by atoms with van der Waals surface area (Å²) in [6.07, 6.45) is 0. The Morgan fingerprint density at radius 1 is 1.25 bits per heavy atom. The van der Waals surface area contributed by atoms with Gasteiger partial charge in [0.15, 0.2) is 11.6 Å². The molecule has 7 heteroatoms. The van der Waals surface area contributed by atoms with Crippen molar-refractivity contribution in [2.75, 3.05) is 5.32 Å². The summed E-state index contributed by atoms with van der Waals surface area (Å²) in [5.41, 5.74) is 0.0825. The Bertz CT molecular complexity index is 665. The molecule has 20 heavy (non-hydrogen) atoms. The van der Waals surface area contributed by atoms with Crippen LogP contribution in [0.1, 0.15) is 5.56 Å². The molecule has 0 fully saturated rings. The second-order valence-electron chi connectivity index (χ2n) is 3.99. The van der Waals surface area contributed by atoms with Crippen LogP contribution >= 0.6 is 11.6 Å². The van der Waals surface area contributed by atoms with Crippen LogP contribution in [0.4, 0.5) is 20.2 Å². The third-order valence-electron chi connectivity index (χ3n) is 2.66. The lowest BCUT2D eigenvalue weighted by atomic mass is 10.1. The van der Waals surface area contributed by atoms with Crippen LogP contribution in [-0.2, 0) is 6.54 Å². The van der Waals surface area contributed by atoms with Crippen molar-refractivity contribution in [2.45, 2.75) is 6.54 Å². The Kier molecular flexibility index (Phi) is 4.14. The molecule has 0 bridgehead atoms. The van der Waals surface area contributed by atoms with Gasteiger partial charge in [-0.1, -0.05) is 17.7 Å². The molecule has 0 aliphatic heterocycles. The van der Waals surface area contributed by atoms with Gasteiger partial charge >= 0.3 is 0 Å². The predicted octanol–water partition coefficient (Wildman–Crippen LogP) is 4.14. The number of rotatable bonds is 4. The van der Waals surface area contributed by atoms with E-state index in [4.69, 9.17) is 11.6 Å². The maximum Gasteiger partial charge on any atom is 0.275 e.